The zero-order chi connectivity index (χ0) is 18.7. The van der Waals surface area contributed by atoms with Gasteiger partial charge >= 0.3 is 0 Å². The van der Waals surface area contributed by atoms with Crippen molar-refractivity contribution in [2.45, 2.75) is 25.9 Å². The lowest BCUT2D eigenvalue weighted by molar-refractivity contribution is -0.710. The van der Waals surface area contributed by atoms with Crippen LogP contribution in [0.25, 0.3) is 10.8 Å². The number of halogens is 2. The summed E-state index contributed by atoms with van der Waals surface area (Å²) in [5.74, 6) is -1.38. The smallest absolute Gasteiger partial charge is 0.282 e. The molecule has 3 aromatic rings. The van der Waals surface area contributed by atoms with E-state index < -0.39 is 17.7 Å². The Morgan fingerprint density at radius 1 is 0.962 bits per heavy atom. The number of fused-ring (bicyclic) bond motifs is 1. The van der Waals surface area contributed by atoms with Crippen molar-refractivity contribution in [3.05, 3.63) is 77.9 Å². The molecule has 5 heteroatoms. The summed E-state index contributed by atoms with van der Waals surface area (Å²) in [4.78, 5) is 12.5. The van der Waals surface area contributed by atoms with Crippen molar-refractivity contribution >= 4 is 22.4 Å². The van der Waals surface area contributed by atoms with Crippen molar-refractivity contribution in [2.75, 3.05) is 5.32 Å². The first-order chi connectivity index (χ1) is 12.4. The number of carbonyl (C=O) groups excluding carboxylic acids is 1. The highest BCUT2D eigenvalue weighted by Crippen LogP contribution is 2.19. The van der Waals surface area contributed by atoms with E-state index in [4.69, 9.17) is 0 Å². The molecule has 0 radical (unpaired) electrons. The van der Waals surface area contributed by atoms with E-state index >= 15 is 0 Å². The normalized spacial score (nSPS) is 13.4. The predicted molar refractivity (Wildman–Crippen MR) is 98.7 cm³/mol. The number of nitrogens with one attached hydrogen (secondary N) is 1. The number of nitrogens with two attached hydrogens (primary N) is 1. The van der Waals surface area contributed by atoms with Gasteiger partial charge in [-0.05, 0) is 48.9 Å². The van der Waals surface area contributed by atoms with Gasteiger partial charge in [-0.3, -0.25) is 4.79 Å². The third-order valence-corrected chi connectivity index (χ3v) is 4.46. The lowest BCUT2D eigenvalue weighted by atomic mass is 10.1. The molecule has 0 unspecified atom stereocenters. The third-order valence-electron chi connectivity index (χ3n) is 4.46. The van der Waals surface area contributed by atoms with Crippen molar-refractivity contribution < 1.29 is 18.9 Å². The molecular weight excluding hydrogens is 334 g/mol. The minimum absolute atomic E-state index is 0.172. The number of anilines is 1. The molecule has 0 spiro atoms. The second-order valence-corrected chi connectivity index (χ2v) is 6.49. The van der Waals surface area contributed by atoms with Gasteiger partial charge in [0.1, 0.15) is 17.7 Å². The molecule has 3 nitrogen and oxygen atoms in total. The van der Waals surface area contributed by atoms with E-state index in [0.717, 1.165) is 22.5 Å². The molecule has 0 saturated carbocycles. The molecule has 3 rings (SSSR count). The average Bonchev–Trinajstić information content (AvgIpc) is 2.61. The Bertz CT molecular complexity index is 942. The monoisotopic (exact) mass is 355 g/mol. The summed E-state index contributed by atoms with van der Waals surface area (Å²) in [5.41, 5.74) is 1.09. The lowest BCUT2D eigenvalue weighted by Gasteiger charge is -2.17. The SMILES string of the molecule is C[C@H]([NH2+][C@H](C)C(=O)Nc1ccc2ccccc2c1)c1ccc(F)cc1F. The number of hydrogen-bond acceptors (Lipinski definition) is 1. The standard InChI is InChI=1S/C21H20F2N2O/c1-13(19-10-8-17(22)12-20(19)23)24-14(2)21(26)25-18-9-7-15-5-3-4-6-16(15)11-18/h3-14,24H,1-2H3,(H,25,26)/p+1/t13-,14+/m0/s1. The van der Waals surface area contributed by atoms with E-state index in [1.165, 1.54) is 12.1 Å². The zero-order valence-electron chi connectivity index (χ0n) is 14.7. The summed E-state index contributed by atoms with van der Waals surface area (Å²) in [5, 5.41) is 6.79. The first-order valence-corrected chi connectivity index (χ1v) is 8.53. The van der Waals surface area contributed by atoms with E-state index in [1.807, 2.05) is 42.5 Å². The van der Waals surface area contributed by atoms with Crippen molar-refractivity contribution in [2.24, 2.45) is 0 Å². The van der Waals surface area contributed by atoms with Crippen LogP contribution in [0.5, 0.6) is 0 Å². The number of quaternary nitrogens is 1. The Hall–Kier alpha value is -2.79. The van der Waals surface area contributed by atoms with Gasteiger partial charge < -0.3 is 10.6 Å². The fourth-order valence-electron chi connectivity index (χ4n) is 3.02. The Morgan fingerprint density at radius 3 is 2.42 bits per heavy atom. The minimum Gasteiger partial charge on any atom is -0.330 e. The third kappa shape index (κ3) is 4.06. The van der Waals surface area contributed by atoms with Gasteiger partial charge in [-0.25, -0.2) is 8.78 Å². The molecule has 0 aliphatic rings. The fourth-order valence-corrected chi connectivity index (χ4v) is 3.02. The van der Waals surface area contributed by atoms with E-state index in [0.29, 0.717) is 5.56 Å². The highest BCUT2D eigenvalue weighted by molar-refractivity contribution is 5.96. The summed E-state index contributed by atoms with van der Waals surface area (Å²) >= 11 is 0. The van der Waals surface area contributed by atoms with E-state index in [9.17, 15) is 13.6 Å². The second-order valence-electron chi connectivity index (χ2n) is 6.49. The van der Waals surface area contributed by atoms with Crippen LogP contribution in [-0.4, -0.2) is 11.9 Å². The Morgan fingerprint density at radius 2 is 1.69 bits per heavy atom. The maximum atomic E-state index is 13.9. The van der Waals surface area contributed by atoms with E-state index in [-0.39, 0.29) is 11.9 Å². The Kier molecular flexibility index (Phi) is 5.28. The molecule has 26 heavy (non-hydrogen) atoms. The van der Waals surface area contributed by atoms with Crippen LogP contribution in [0.3, 0.4) is 0 Å². The van der Waals surface area contributed by atoms with Crippen molar-refractivity contribution in [3.8, 4) is 0 Å². The number of hydrogen-bond donors (Lipinski definition) is 2. The van der Waals surface area contributed by atoms with Crippen molar-refractivity contribution in [3.63, 3.8) is 0 Å². The number of benzene rings is 3. The average molecular weight is 355 g/mol. The zero-order valence-corrected chi connectivity index (χ0v) is 14.7. The molecule has 3 N–H and O–H groups in total. The molecule has 0 heterocycles. The molecule has 0 fully saturated rings. The van der Waals surface area contributed by atoms with Gasteiger partial charge in [-0.2, -0.15) is 0 Å². The van der Waals surface area contributed by atoms with Gasteiger partial charge in [-0.15, -0.1) is 0 Å². The van der Waals surface area contributed by atoms with E-state index in [1.54, 1.807) is 19.2 Å². The highest BCUT2D eigenvalue weighted by Gasteiger charge is 2.22. The number of rotatable bonds is 5. The first-order valence-electron chi connectivity index (χ1n) is 8.53. The number of carbonyl (C=O) groups is 1. The predicted octanol–water partition coefficient (Wildman–Crippen LogP) is 3.77. The molecule has 1 amide bonds. The summed E-state index contributed by atoms with van der Waals surface area (Å²) in [7, 11) is 0. The Balaban J connectivity index is 1.66. The summed E-state index contributed by atoms with van der Waals surface area (Å²) in [6.45, 7) is 3.55. The molecule has 0 aliphatic carbocycles. The van der Waals surface area contributed by atoms with Crippen molar-refractivity contribution in [1.82, 2.24) is 0 Å². The molecule has 0 saturated heterocycles. The molecule has 3 aromatic carbocycles. The van der Waals surface area contributed by atoms with Gasteiger partial charge in [0.15, 0.2) is 6.04 Å². The van der Waals surface area contributed by atoms with E-state index in [2.05, 4.69) is 5.32 Å². The highest BCUT2D eigenvalue weighted by atomic mass is 19.1. The van der Waals surface area contributed by atoms with Crippen LogP contribution in [0, 0.1) is 11.6 Å². The molecule has 134 valence electrons. The summed E-state index contributed by atoms with van der Waals surface area (Å²) < 4.78 is 26.9. The summed E-state index contributed by atoms with van der Waals surface area (Å²) in [6, 6.07) is 16.4. The van der Waals surface area contributed by atoms with Crippen LogP contribution in [0.4, 0.5) is 14.5 Å². The quantitative estimate of drug-likeness (QED) is 0.719. The molecular formula is C21H21F2N2O+. The first kappa shape index (κ1) is 18.0. The van der Waals surface area contributed by atoms with Crippen LogP contribution >= 0.6 is 0 Å². The molecule has 2 atom stereocenters. The second kappa shape index (κ2) is 7.62. The fraction of sp³-hybridized carbons (Fsp3) is 0.190. The Labute approximate surface area is 151 Å². The maximum Gasteiger partial charge on any atom is 0.282 e. The van der Waals surface area contributed by atoms with Gasteiger partial charge in [0.25, 0.3) is 5.91 Å². The van der Waals surface area contributed by atoms with Gasteiger partial charge in [0, 0.05) is 17.3 Å². The van der Waals surface area contributed by atoms with Crippen molar-refractivity contribution in [1.29, 1.82) is 0 Å². The number of amides is 1. The van der Waals surface area contributed by atoms with Crippen LogP contribution in [-0.2, 0) is 4.79 Å². The van der Waals surface area contributed by atoms with Crippen LogP contribution in [0.1, 0.15) is 25.5 Å². The van der Waals surface area contributed by atoms with Crippen LogP contribution < -0.4 is 10.6 Å². The topological polar surface area (TPSA) is 45.7 Å². The van der Waals surface area contributed by atoms with Crippen LogP contribution in [0.15, 0.2) is 60.7 Å². The largest absolute Gasteiger partial charge is 0.330 e. The van der Waals surface area contributed by atoms with Gasteiger partial charge in [-0.1, -0.05) is 30.3 Å². The molecule has 0 bridgehead atoms. The summed E-state index contributed by atoms with van der Waals surface area (Å²) in [6.07, 6.45) is 0. The minimum atomic E-state index is -0.611. The van der Waals surface area contributed by atoms with Crippen LogP contribution in [0.2, 0.25) is 0 Å². The van der Waals surface area contributed by atoms with Gasteiger partial charge in [0.2, 0.25) is 0 Å². The molecule has 0 aromatic heterocycles. The molecule has 0 aliphatic heterocycles. The lowest BCUT2D eigenvalue weighted by Crippen LogP contribution is -2.91. The van der Waals surface area contributed by atoms with Gasteiger partial charge in [0.05, 0.1) is 0 Å². The maximum absolute atomic E-state index is 13.9.